The summed E-state index contributed by atoms with van der Waals surface area (Å²) in [6.45, 7) is 1.86. The zero-order valence-electron chi connectivity index (χ0n) is 7.29. The van der Waals surface area contributed by atoms with Crippen molar-refractivity contribution in [2.45, 2.75) is 11.8 Å². The smallest absolute Gasteiger partial charge is 0.258 e. The highest BCUT2D eigenvalue weighted by Gasteiger charge is 2.19. The molecular formula is C8H7ClFNO2S. The fourth-order valence-electron chi connectivity index (χ4n) is 0.930. The molecule has 0 saturated heterocycles. The molecule has 3 nitrogen and oxygen atoms in total. The van der Waals surface area contributed by atoms with Crippen molar-refractivity contribution in [2.75, 3.05) is 5.75 Å². The first-order valence-electron chi connectivity index (χ1n) is 3.83. The molecule has 14 heavy (non-hydrogen) atoms. The molecule has 0 saturated carbocycles. The number of thioether (sulfide) groups is 1. The predicted octanol–water partition coefficient (Wildman–Crippen LogP) is 3.50. The van der Waals surface area contributed by atoms with Gasteiger partial charge in [0.05, 0.1) is 4.92 Å². The molecule has 0 amide bonds. The number of nitro groups is 1. The summed E-state index contributed by atoms with van der Waals surface area (Å²) >= 11 is 6.75. The second-order valence-corrected chi connectivity index (χ2v) is 4.08. The highest BCUT2D eigenvalue weighted by molar-refractivity contribution is 7.99. The van der Waals surface area contributed by atoms with Crippen molar-refractivity contribution in [1.82, 2.24) is 0 Å². The average molecular weight is 236 g/mol. The molecule has 0 N–H and O–H groups in total. The first-order chi connectivity index (χ1) is 6.57. The van der Waals surface area contributed by atoms with Gasteiger partial charge in [-0.05, 0) is 11.8 Å². The van der Waals surface area contributed by atoms with Gasteiger partial charge in [-0.3, -0.25) is 10.1 Å². The van der Waals surface area contributed by atoms with Crippen LogP contribution in [-0.2, 0) is 0 Å². The summed E-state index contributed by atoms with van der Waals surface area (Å²) in [5.41, 5.74) is -0.399. The van der Waals surface area contributed by atoms with E-state index in [2.05, 4.69) is 0 Å². The second kappa shape index (κ2) is 4.61. The van der Waals surface area contributed by atoms with Crippen molar-refractivity contribution < 1.29 is 9.31 Å². The molecule has 76 valence electrons. The summed E-state index contributed by atoms with van der Waals surface area (Å²) in [4.78, 5) is 10.0. The number of hydrogen-bond acceptors (Lipinski definition) is 3. The maximum absolute atomic E-state index is 13.4. The quantitative estimate of drug-likeness (QED) is 0.458. The monoisotopic (exact) mass is 235 g/mol. The Labute approximate surface area is 89.4 Å². The van der Waals surface area contributed by atoms with Crippen LogP contribution in [0.1, 0.15) is 6.92 Å². The number of rotatable bonds is 3. The van der Waals surface area contributed by atoms with E-state index in [-0.39, 0.29) is 0 Å². The minimum atomic E-state index is -0.715. The van der Waals surface area contributed by atoms with Gasteiger partial charge in [0.25, 0.3) is 5.69 Å². The number of benzene rings is 1. The van der Waals surface area contributed by atoms with Gasteiger partial charge in [-0.15, -0.1) is 11.8 Å². The van der Waals surface area contributed by atoms with Crippen LogP contribution in [0.2, 0.25) is 5.02 Å². The number of nitrogens with zero attached hydrogens (tertiary/aromatic N) is 1. The van der Waals surface area contributed by atoms with E-state index in [0.29, 0.717) is 10.6 Å². The third kappa shape index (κ3) is 2.16. The molecule has 0 fully saturated rings. The molecule has 0 unspecified atom stereocenters. The number of nitro benzene ring substituents is 1. The summed E-state index contributed by atoms with van der Waals surface area (Å²) in [5.74, 6) is -0.0295. The summed E-state index contributed by atoms with van der Waals surface area (Å²) in [6, 6.07) is 2.58. The van der Waals surface area contributed by atoms with Gasteiger partial charge in [0, 0.05) is 11.0 Å². The van der Waals surface area contributed by atoms with E-state index in [0.717, 1.165) is 0 Å². The van der Waals surface area contributed by atoms with E-state index >= 15 is 0 Å². The normalized spacial score (nSPS) is 10.2. The minimum absolute atomic E-state index is 0.336. The van der Waals surface area contributed by atoms with E-state index in [1.165, 1.54) is 23.9 Å². The summed E-state index contributed by atoms with van der Waals surface area (Å²) < 4.78 is 13.4. The largest absolute Gasteiger partial charge is 0.290 e. The van der Waals surface area contributed by atoms with Crippen LogP contribution >= 0.6 is 23.4 Å². The van der Waals surface area contributed by atoms with Gasteiger partial charge in [-0.1, -0.05) is 18.5 Å². The SMILES string of the molecule is CCSc1ccc([N+](=O)[O-])c(Cl)c1F. The lowest BCUT2D eigenvalue weighted by atomic mass is 10.3. The van der Waals surface area contributed by atoms with Crippen molar-refractivity contribution in [1.29, 1.82) is 0 Å². The predicted molar refractivity (Wildman–Crippen MR) is 54.5 cm³/mol. The van der Waals surface area contributed by atoms with Gasteiger partial charge >= 0.3 is 0 Å². The first-order valence-corrected chi connectivity index (χ1v) is 5.19. The van der Waals surface area contributed by atoms with Crippen molar-refractivity contribution >= 4 is 29.1 Å². The Morgan fingerprint density at radius 2 is 2.29 bits per heavy atom. The Kier molecular flexibility index (Phi) is 3.71. The van der Waals surface area contributed by atoms with Crippen LogP contribution in [0.15, 0.2) is 17.0 Å². The van der Waals surface area contributed by atoms with Crippen LogP contribution in [0.4, 0.5) is 10.1 Å². The van der Waals surface area contributed by atoms with Gasteiger partial charge in [0.15, 0.2) is 10.8 Å². The Morgan fingerprint density at radius 3 is 2.79 bits per heavy atom. The zero-order chi connectivity index (χ0) is 10.7. The van der Waals surface area contributed by atoms with Crippen LogP contribution in [0.3, 0.4) is 0 Å². The van der Waals surface area contributed by atoms with Crippen LogP contribution in [0.25, 0.3) is 0 Å². The van der Waals surface area contributed by atoms with Crippen molar-refractivity contribution in [3.63, 3.8) is 0 Å². The zero-order valence-corrected chi connectivity index (χ0v) is 8.86. The molecule has 0 bridgehead atoms. The topological polar surface area (TPSA) is 43.1 Å². The fourth-order valence-corrected chi connectivity index (χ4v) is 1.92. The van der Waals surface area contributed by atoms with Gasteiger partial charge in [-0.25, -0.2) is 4.39 Å². The first kappa shape index (κ1) is 11.3. The van der Waals surface area contributed by atoms with E-state index in [1.54, 1.807) is 0 Å². The maximum Gasteiger partial charge on any atom is 0.290 e. The maximum atomic E-state index is 13.4. The number of hydrogen-bond donors (Lipinski definition) is 0. The molecule has 1 aromatic carbocycles. The van der Waals surface area contributed by atoms with Crippen LogP contribution in [0, 0.1) is 15.9 Å². The van der Waals surface area contributed by atoms with Crippen LogP contribution < -0.4 is 0 Å². The fraction of sp³-hybridized carbons (Fsp3) is 0.250. The summed E-state index contributed by atoms with van der Waals surface area (Å²) in [7, 11) is 0. The van der Waals surface area contributed by atoms with Crippen molar-refractivity contribution in [3.8, 4) is 0 Å². The molecule has 0 aromatic heterocycles. The van der Waals surface area contributed by atoms with Gasteiger partial charge < -0.3 is 0 Å². The molecule has 0 atom stereocenters. The molecule has 1 aromatic rings. The second-order valence-electron chi connectivity index (χ2n) is 2.40. The minimum Gasteiger partial charge on any atom is -0.258 e. The molecule has 1 rings (SSSR count). The van der Waals surface area contributed by atoms with Crippen LogP contribution in [-0.4, -0.2) is 10.7 Å². The molecule has 0 aliphatic rings. The van der Waals surface area contributed by atoms with Crippen LogP contribution in [0.5, 0.6) is 0 Å². The molecule has 6 heteroatoms. The Balaban J connectivity index is 3.19. The molecule has 0 radical (unpaired) electrons. The lowest BCUT2D eigenvalue weighted by molar-refractivity contribution is -0.384. The number of halogens is 2. The summed E-state index contributed by atoms with van der Waals surface area (Å²) in [6.07, 6.45) is 0. The molecule has 0 heterocycles. The van der Waals surface area contributed by atoms with Crippen molar-refractivity contribution in [3.05, 3.63) is 33.1 Å². The highest BCUT2D eigenvalue weighted by atomic mass is 35.5. The van der Waals surface area contributed by atoms with E-state index in [4.69, 9.17) is 11.6 Å². The van der Waals surface area contributed by atoms with E-state index < -0.39 is 21.5 Å². The van der Waals surface area contributed by atoms with Gasteiger partial charge in [0.2, 0.25) is 0 Å². The van der Waals surface area contributed by atoms with E-state index in [9.17, 15) is 14.5 Å². The third-order valence-electron chi connectivity index (χ3n) is 1.52. The lowest BCUT2D eigenvalue weighted by Gasteiger charge is -2.02. The Morgan fingerprint density at radius 1 is 1.64 bits per heavy atom. The molecular weight excluding hydrogens is 229 g/mol. The lowest BCUT2D eigenvalue weighted by Crippen LogP contribution is -1.93. The van der Waals surface area contributed by atoms with E-state index in [1.807, 2.05) is 6.92 Å². The van der Waals surface area contributed by atoms with Crippen molar-refractivity contribution in [2.24, 2.45) is 0 Å². The Bertz CT molecular complexity index is 373. The standard InChI is InChI=1S/C8H7ClFNO2S/c1-2-14-6-4-3-5(11(12)13)7(9)8(6)10/h3-4H,2H2,1H3. The molecule has 0 aliphatic carbocycles. The third-order valence-corrected chi connectivity index (χ3v) is 2.80. The van der Waals surface area contributed by atoms with Gasteiger partial charge in [-0.2, -0.15) is 0 Å². The molecule has 0 spiro atoms. The average Bonchev–Trinajstić information content (AvgIpc) is 2.13. The van der Waals surface area contributed by atoms with Gasteiger partial charge in [0.1, 0.15) is 0 Å². The summed E-state index contributed by atoms with van der Waals surface area (Å²) in [5, 5.41) is 9.97. The molecule has 0 aliphatic heterocycles. The Hall–Kier alpha value is -0.810. The highest BCUT2D eigenvalue weighted by Crippen LogP contribution is 2.33.